The van der Waals surface area contributed by atoms with Crippen LogP contribution in [0.4, 0.5) is 0 Å². The van der Waals surface area contributed by atoms with E-state index in [9.17, 15) is 15.2 Å². The molecule has 0 heterocycles. The Morgan fingerprint density at radius 1 is 1.44 bits per heavy atom. The van der Waals surface area contributed by atoms with Crippen molar-refractivity contribution in [3.8, 4) is 6.07 Å². The Kier molecular flexibility index (Phi) is 3.35. The molecule has 1 aromatic carbocycles. The van der Waals surface area contributed by atoms with Gasteiger partial charge in [-0.25, -0.2) is 0 Å². The number of benzene rings is 1. The predicted octanol–water partition coefficient (Wildman–Crippen LogP) is 1.62. The van der Waals surface area contributed by atoms with Crippen molar-refractivity contribution in [2.24, 2.45) is 0 Å². The molecule has 0 saturated heterocycles. The number of likely N-dealkylation sites (N-methyl/N-ethyl adjacent to an activating group) is 1. The van der Waals surface area contributed by atoms with Gasteiger partial charge in [0, 0.05) is 7.05 Å². The first-order valence-corrected chi connectivity index (χ1v) is 6.03. The molecular formula is C14H16N2O2. The van der Waals surface area contributed by atoms with E-state index >= 15 is 0 Å². The summed E-state index contributed by atoms with van der Waals surface area (Å²) >= 11 is 0. The molecule has 1 unspecified atom stereocenters. The van der Waals surface area contributed by atoms with Crippen molar-refractivity contribution in [3.05, 3.63) is 35.9 Å². The van der Waals surface area contributed by atoms with E-state index < -0.39 is 17.6 Å². The molecule has 94 valence electrons. The van der Waals surface area contributed by atoms with Gasteiger partial charge in [0.25, 0.3) is 5.91 Å². The average Bonchev–Trinajstić information content (AvgIpc) is 2.37. The summed E-state index contributed by atoms with van der Waals surface area (Å²) < 4.78 is 0. The number of aliphatic hydroxyl groups excluding tert-OH is 1. The second-order valence-corrected chi connectivity index (χ2v) is 4.71. The molecule has 1 amide bonds. The van der Waals surface area contributed by atoms with Gasteiger partial charge in [-0.2, -0.15) is 5.26 Å². The van der Waals surface area contributed by atoms with Crippen molar-refractivity contribution in [1.82, 2.24) is 4.90 Å². The van der Waals surface area contributed by atoms with Crippen LogP contribution in [0, 0.1) is 11.3 Å². The molecule has 1 atom stereocenters. The maximum Gasteiger partial charge on any atom is 0.257 e. The Balaban J connectivity index is 2.15. The van der Waals surface area contributed by atoms with Crippen LogP contribution in [0.15, 0.2) is 30.3 Å². The highest BCUT2D eigenvalue weighted by Crippen LogP contribution is 2.37. The second kappa shape index (κ2) is 4.79. The summed E-state index contributed by atoms with van der Waals surface area (Å²) in [5.74, 6) is -0.414. The lowest BCUT2D eigenvalue weighted by atomic mass is 9.76. The zero-order chi connectivity index (χ0) is 13.2. The maximum absolute atomic E-state index is 12.2. The number of hydrogen-bond donors (Lipinski definition) is 1. The highest BCUT2D eigenvalue weighted by molar-refractivity contribution is 5.83. The maximum atomic E-state index is 12.2. The van der Waals surface area contributed by atoms with Gasteiger partial charge in [0.15, 0.2) is 6.10 Å². The van der Waals surface area contributed by atoms with Gasteiger partial charge in [0.05, 0.1) is 6.07 Å². The number of carbonyl (C=O) groups is 1. The first kappa shape index (κ1) is 12.6. The van der Waals surface area contributed by atoms with E-state index in [-0.39, 0.29) is 0 Å². The lowest BCUT2D eigenvalue weighted by molar-refractivity contribution is -0.145. The first-order valence-electron chi connectivity index (χ1n) is 6.03. The van der Waals surface area contributed by atoms with Crippen LogP contribution in [0.2, 0.25) is 0 Å². The number of nitrogens with zero attached hydrogens (tertiary/aromatic N) is 2. The standard InChI is InChI=1S/C14H16N2O2/c1-16(14(10-15)8-5-9-14)13(18)12(17)11-6-3-2-4-7-11/h2-4,6-7,12,17H,5,8-9H2,1H3. The fraction of sp³-hybridized carbons (Fsp3) is 0.429. The number of amides is 1. The van der Waals surface area contributed by atoms with Gasteiger partial charge in [-0.3, -0.25) is 4.79 Å². The third-order valence-corrected chi connectivity index (χ3v) is 3.71. The number of rotatable bonds is 3. The Labute approximate surface area is 106 Å². The van der Waals surface area contributed by atoms with Crippen LogP contribution in [0.1, 0.15) is 30.9 Å². The number of hydrogen-bond acceptors (Lipinski definition) is 3. The lowest BCUT2D eigenvalue weighted by Gasteiger charge is -2.43. The Morgan fingerprint density at radius 2 is 2.06 bits per heavy atom. The molecule has 0 radical (unpaired) electrons. The highest BCUT2D eigenvalue weighted by Gasteiger charge is 2.44. The topological polar surface area (TPSA) is 64.3 Å². The van der Waals surface area contributed by atoms with Gasteiger partial charge in [-0.05, 0) is 24.8 Å². The smallest absolute Gasteiger partial charge is 0.257 e. The van der Waals surface area contributed by atoms with E-state index in [0.717, 1.165) is 6.42 Å². The molecule has 1 fully saturated rings. The van der Waals surface area contributed by atoms with Gasteiger partial charge >= 0.3 is 0 Å². The molecule has 4 nitrogen and oxygen atoms in total. The van der Waals surface area contributed by atoms with E-state index in [1.165, 1.54) is 4.90 Å². The zero-order valence-electron chi connectivity index (χ0n) is 10.3. The third-order valence-electron chi connectivity index (χ3n) is 3.71. The zero-order valence-corrected chi connectivity index (χ0v) is 10.3. The molecule has 0 spiro atoms. The summed E-state index contributed by atoms with van der Waals surface area (Å²) in [7, 11) is 1.59. The molecule has 0 aliphatic heterocycles. The van der Waals surface area contributed by atoms with Crippen molar-refractivity contribution >= 4 is 5.91 Å². The van der Waals surface area contributed by atoms with Crippen LogP contribution in [-0.2, 0) is 4.79 Å². The predicted molar refractivity (Wildman–Crippen MR) is 66.4 cm³/mol. The van der Waals surface area contributed by atoms with E-state index in [2.05, 4.69) is 6.07 Å². The molecular weight excluding hydrogens is 228 g/mol. The molecule has 18 heavy (non-hydrogen) atoms. The van der Waals surface area contributed by atoms with E-state index in [0.29, 0.717) is 18.4 Å². The van der Waals surface area contributed by atoms with Gasteiger partial charge in [-0.1, -0.05) is 30.3 Å². The van der Waals surface area contributed by atoms with E-state index in [4.69, 9.17) is 0 Å². The minimum atomic E-state index is -1.19. The fourth-order valence-corrected chi connectivity index (χ4v) is 2.21. The summed E-state index contributed by atoms with van der Waals surface area (Å²) in [5, 5.41) is 19.2. The van der Waals surface area contributed by atoms with Crippen molar-refractivity contribution in [2.45, 2.75) is 30.9 Å². The van der Waals surface area contributed by atoms with Crippen molar-refractivity contribution in [2.75, 3.05) is 7.05 Å². The van der Waals surface area contributed by atoms with Gasteiger partial charge in [-0.15, -0.1) is 0 Å². The van der Waals surface area contributed by atoms with Crippen LogP contribution >= 0.6 is 0 Å². The van der Waals surface area contributed by atoms with E-state index in [1.807, 2.05) is 6.07 Å². The minimum absolute atomic E-state index is 0.414. The van der Waals surface area contributed by atoms with E-state index in [1.54, 1.807) is 31.3 Å². The SMILES string of the molecule is CN(C(=O)C(O)c1ccccc1)C1(C#N)CCC1. The van der Waals surface area contributed by atoms with Crippen LogP contribution in [0.5, 0.6) is 0 Å². The van der Waals surface area contributed by atoms with Crippen molar-refractivity contribution < 1.29 is 9.90 Å². The lowest BCUT2D eigenvalue weighted by Crippen LogP contribution is -2.54. The normalized spacial score (nSPS) is 18.3. The monoisotopic (exact) mass is 244 g/mol. The molecule has 1 aromatic rings. The van der Waals surface area contributed by atoms with Crippen LogP contribution < -0.4 is 0 Å². The summed E-state index contributed by atoms with van der Waals surface area (Å²) in [6, 6.07) is 11.0. The van der Waals surface area contributed by atoms with Gasteiger partial charge < -0.3 is 10.0 Å². The Bertz CT molecular complexity index is 474. The number of nitriles is 1. The summed E-state index contributed by atoms with van der Waals surface area (Å²) in [4.78, 5) is 13.6. The Hall–Kier alpha value is -1.86. The third kappa shape index (κ3) is 1.98. The average molecular weight is 244 g/mol. The van der Waals surface area contributed by atoms with Crippen LogP contribution in [-0.4, -0.2) is 28.5 Å². The summed E-state index contributed by atoms with van der Waals surface area (Å²) in [5.41, 5.74) is -0.158. The molecule has 4 heteroatoms. The minimum Gasteiger partial charge on any atom is -0.378 e. The molecule has 1 aliphatic rings. The Morgan fingerprint density at radius 3 is 2.50 bits per heavy atom. The summed E-state index contributed by atoms with van der Waals surface area (Å²) in [6.45, 7) is 0. The van der Waals surface area contributed by atoms with Gasteiger partial charge in [0.1, 0.15) is 5.54 Å². The largest absolute Gasteiger partial charge is 0.378 e. The molecule has 1 N–H and O–H groups in total. The molecule has 2 rings (SSSR count). The second-order valence-electron chi connectivity index (χ2n) is 4.71. The molecule has 1 saturated carbocycles. The van der Waals surface area contributed by atoms with Crippen molar-refractivity contribution in [3.63, 3.8) is 0 Å². The molecule has 0 aromatic heterocycles. The first-order chi connectivity index (χ1) is 8.60. The van der Waals surface area contributed by atoms with Gasteiger partial charge in [0.2, 0.25) is 0 Å². The van der Waals surface area contributed by atoms with Crippen LogP contribution in [0.25, 0.3) is 0 Å². The number of carbonyl (C=O) groups excluding carboxylic acids is 1. The van der Waals surface area contributed by atoms with Crippen LogP contribution in [0.3, 0.4) is 0 Å². The molecule has 1 aliphatic carbocycles. The fourth-order valence-electron chi connectivity index (χ4n) is 2.21. The summed E-state index contributed by atoms with van der Waals surface area (Å²) in [6.07, 6.45) is 1.13. The number of aliphatic hydroxyl groups is 1. The highest BCUT2D eigenvalue weighted by atomic mass is 16.3. The molecule has 0 bridgehead atoms. The quantitative estimate of drug-likeness (QED) is 0.878. The van der Waals surface area contributed by atoms with Crippen molar-refractivity contribution in [1.29, 1.82) is 5.26 Å².